The predicted octanol–water partition coefficient (Wildman–Crippen LogP) is 1.85. The topological polar surface area (TPSA) is 24.7 Å². The van der Waals surface area contributed by atoms with Gasteiger partial charge in [-0.05, 0) is 19.3 Å². The van der Waals surface area contributed by atoms with Crippen LogP contribution in [-0.4, -0.2) is 17.2 Å². The fraction of sp³-hybridized carbons (Fsp3) is 0.286. The summed E-state index contributed by atoms with van der Waals surface area (Å²) in [6.45, 7) is 1.93. The number of hydrogen-bond acceptors (Lipinski definition) is 3. The highest BCUT2D eigenvalue weighted by Crippen LogP contribution is 2.06. The van der Waals surface area contributed by atoms with Crippen LogP contribution in [0.4, 0.5) is 0 Å². The summed E-state index contributed by atoms with van der Waals surface area (Å²) in [4.78, 5) is 8.01. The molecule has 52 valence electrons. The Labute approximate surface area is 64.5 Å². The summed E-state index contributed by atoms with van der Waals surface area (Å²) in [5.74, 6) is 2.69. The first-order chi connectivity index (χ1) is 4.83. The Hall–Kier alpha value is -0.790. The molecule has 1 rings (SSSR count). The van der Waals surface area contributed by atoms with Crippen molar-refractivity contribution >= 4 is 22.7 Å². The van der Waals surface area contributed by atoms with E-state index in [1.807, 2.05) is 19.3 Å². The third-order valence-corrected chi connectivity index (χ3v) is 1.67. The van der Waals surface area contributed by atoms with Gasteiger partial charge in [-0.25, -0.2) is 9.98 Å². The lowest BCUT2D eigenvalue weighted by Crippen LogP contribution is -1.83. The zero-order valence-electron chi connectivity index (χ0n) is 5.96. The van der Waals surface area contributed by atoms with E-state index in [2.05, 4.69) is 15.9 Å². The molecular formula is C7H8N2S. The van der Waals surface area contributed by atoms with Gasteiger partial charge in [-0.3, -0.25) is 0 Å². The first-order valence-corrected chi connectivity index (χ1v) is 4.13. The van der Waals surface area contributed by atoms with Crippen molar-refractivity contribution in [1.29, 1.82) is 0 Å². The lowest BCUT2D eigenvalue weighted by molar-refractivity contribution is 1.34. The van der Waals surface area contributed by atoms with Crippen LogP contribution < -0.4 is 0 Å². The maximum Gasteiger partial charge on any atom is 0.0983 e. The van der Waals surface area contributed by atoms with Gasteiger partial charge >= 0.3 is 0 Å². The van der Waals surface area contributed by atoms with Crippen molar-refractivity contribution < 1.29 is 0 Å². The van der Waals surface area contributed by atoms with Crippen molar-refractivity contribution in [2.75, 3.05) is 6.26 Å². The molecule has 0 aliphatic carbocycles. The lowest BCUT2D eigenvalue weighted by atomic mass is 10.5. The van der Waals surface area contributed by atoms with Crippen LogP contribution in [0.1, 0.15) is 6.92 Å². The van der Waals surface area contributed by atoms with Gasteiger partial charge in [-0.2, -0.15) is 0 Å². The highest BCUT2D eigenvalue weighted by molar-refractivity contribution is 8.13. The fourth-order valence-electron chi connectivity index (χ4n) is 0.583. The molecule has 1 heterocycles. The van der Waals surface area contributed by atoms with Crippen molar-refractivity contribution in [2.24, 2.45) is 9.98 Å². The maximum atomic E-state index is 4.07. The van der Waals surface area contributed by atoms with Crippen molar-refractivity contribution in [1.82, 2.24) is 0 Å². The van der Waals surface area contributed by atoms with E-state index in [9.17, 15) is 0 Å². The zero-order valence-corrected chi connectivity index (χ0v) is 6.77. The Morgan fingerprint density at radius 1 is 1.60 bits per heavy atom. The van der Waals surface area contributed by atoms with E-state index < -0.39 is 0 Å². The third-order valence-electron chi connectivity index (χ3n) is 1.03. The molecule has 3 heteroatoms. The number of rotatable bonds is 0. The van der Waals surface area contributed by atoms with Crippen LogP contribution in [0.5, 0.6) is 0 Å². The van der Waals surface area contributed by atoms with Crippen LogP contribution >= 0.6 is 11.8 Å². The Kier molecular flexibility index (Phi) is 2.49. The molecule has 0 aromatic heterocycles. The second kappa shape index (κ2) is 3.40. The van der Waals surface area contributed by atoms with Crippen molar-refractivity contribution in [3.05, 3.63) is 18.0 Å². The van der Waals surface area contributed by atoms with Gasteiger partial charge in [-0.1, -0.05) is 0 Å². The van der Waals surface area contributed by atoms with Crippen molar-refractivity contribution in [3.8, 4) is 0 Å². The van der Waals surface area contributed by atoms with Crippen LogP contribution in [0.2, 0.25) is 0 Å². The van der Waals surface area contributed by atoms with E-state index >= 15 is 0 Å². The highest BCUT2D eigenvalue weighted by Gasteiger charge is 1.93. The van der Waals surface area contributed by atoms with Crippen LogP contribution in [-0.2, 0) is 0 Å². The van der Waals surface area contributed by atoms with Crippen molar-refractivity contribution in [3.63, 3.8) is 0 Å². The molecule has 0 saturated heterocycles. The molecule has 0 fully saturated rings. The largest absolute Gasteiger partial charge is 0.240 e. The summed E-state index contributed by atoms with van der Waals surface area (Å²) < 4.78 is 0. The minimum Gasteiger partial charge on any atom is -0.240 e. The van der Waals surface area contributed by atoms with Gasteiger partial charge in [0.15, 0.2) is 0 Å². The van der Waals surface area contributed by atoms with Crippen LogP contribution in [0, 0.1) is 0 Å². The molecule has 0 atom stereocenters. The number of allylic oxidation sites excluding steroid dienone is 1. The average molecular weight is 152 g/mol. The quantitative estimate of drug-likeness (QED) is 0.520. The first-order valence-electron chi connectivity index (χ1n) is 2.91. The molecule has 0 saturated carbocycles. The molecule has 0 aromatic carbocycles. The molecule has 0 N–H and O–H groups in total. The van der Waals surface area contributed by atoms with E-state index in [1.165, 1.54) is 0 Å². The standard InChI is InChI=1S/C7H8N2S/c1-6-5-7(10-2)9-4-3-8-6/h4-5H,1-2H3. The molecule has 0 unspecified atom stereocenters. The number of thioether (sulfide) groups is 1. The number of nitrogens with zero attached hydrogens (tertiary/aromatic N) is 2. The predicted molar refractivity (Wildman–Crippen MR) is 46.7 cm³/mol. The SMILES string of the molecule is CSC1=NC=C=NC(C)=C1. The molecule has 1 aliphatic rings. The molecule has 0 spiro atoms. The molecule has 0 radical (unpaired) electrons. The summed E-state index contributed by atoms with van der Waals surface area (Å²) in [5.41, 5.74) is 0.946. The van der Waals surface area contributed by atoms with Crippen LogP contribution in [0.3, 0.4) is 0 Å². The van der Waals surface area contributed by atoms with E-state index in [-0.39, 0.29) is 0 Å². The minimum atomic E-state index is 0.946. The summed E-state index contributed by atoms with van der Waals surface area (Å²) in [7, 11) is 0. The summed E-state index contributed by atoms with van der Waals surface area (Å²) in [5, 5.41) is 0.978. The van der Waals surface area contributed by atoms with Gasteiger partial charge in [0.05, 0.1) is 11.2 Å². The molecule has 0 amide bonds. The number of aliphatic imine (C=N–C) groups is 2. The molecular weight excluding hydrogens is 144 g/mol. The fourth-order valence-corrected chi connectivity index (χ4v) is 1.03. The molecule has 0 aromatic rings. The monoisotopic (exact) mass is 152 g/mol. The van der Waals surface area contributed by atoms with Crippen molar-refractivity contribution in [2.45, 2.75) is 6.92 Å². The summed E-state index contributed by atoms with van der Waals surface area (Å²) in [6.07, 6.45) is 5.50. The molecule has 10 heavy (non-hydrogen) atoms. The summed E-state index contributed by atoms with van der Waals surface area (Å²) in [6, 6.07) is 0. The van der Waals surface area contributed by atoms with Gasteiger partial charge in [0, 0.05) is 11.6 Å². The molecule has 1 aliphatic heterocycles. The normalized spacial score (nSPS) is 16.2. The lowest BCUT2D eigenvalue weighted by Gasteiger charge is -1.90. The highest BCUT2D eigenvalue weighted by atomic mass is 32.2. The van der Waals surface area contributed by atoms with Gasteiger partial charge in [0.25, 0.3) is 0 Å². The Balaban J connectivity index is 2.91. The second-order valence-electron chi connectivity index (χ2n) is 1.83. The first kappa shape index (κ1) is 7.32. The summed E-state index contributed by atoms with van der Waals surface area (Å²) >= 11 is 1.61. The zero-order chi connectivity index (χ0) is 7.40. The Bertz CT molecular complexity index is 242. The maximum absolute atomic E-state index is 4.07. The third kappa shape index (κ3) is 1.87. The van der Waals surface area contributed by atoms with Gasteiger partial charge in [0.2, 0.25) is 0 Å². The molecule has 2 nitrogen and oxygen atoms in total. The van der Waals surface area contributed by atoms with E-state index in [0.29, 0.717) is 0 Å². The average Bonchev–Trinajstić information content (AvgIpc) is 2.13. The van der Waals surface area contributed by atoms with E-state index in [0.717, 1.165) is 10.7 Å². The smallest absolute Gasteiger partial charge is 0.0983 e. The Morgan fingerprint density at radius 2 is 2.40 bits per heavy atom. The van der Waals surface area contributed by atoms with Gasteiger partial charge in [-0.15, -0.1) is 11.8 Å². The van der Waals surface area contributed by atoms with Gasteiger partial charge in [0.1, 0.15) is 0 Å². The number of hydrogen-bond donors (Lipinski definition) is 0. The minimum absolute atomic E-state index is 0.946. The Morgan fingerprint density at radius 3 is 3.10 bits per heavy atom. The molecule has 0 bridgehead atoms. The van der Waals surface area contributed by atoms with Crippen LogP contribution in [0.15, 0.2) is 28.0 Å². The van der Waals surface area contributed by atoms with Gasteiger partial charge < -0.3 is 0 Å². The van der Waals surface area contributed by atoms with E-state index in [1.54, 1.807) is 18.0 Å². The van der Waals surface area contributed by atoms with Crippen LogP contribution in [0.25, 0.3) is 0 Å². The second-order valence-corrected chi connectivity index (χ2v) is 2.65. The van der Waals surface area contributed by atoms with E-state index in [4.69, 9.17) is 0 Å².